The van der Waals surface area contributed by atoms with Crippen molar-refractivity contribution in [2.45, 2.75) is 26.7 Å². The minimum atomic E-state index is 0.810. The third-order valence-electron chi connectivity index (χ3n) is 4.11. The SMILES string of the molecule is CC/C=C1\c2c(N(C)C)ccnc2N=C(CC)N1c1ccccc1. The van der Waals surface area contributed by atoms with Crippen LogP contribution in [0.3, 0.4) is 0 Å². The van der Waals surface area contributed by atoms with Crippen LogP contribution in [0.1, 0.15) is 32.3 Å². The van der Waals surface area contributed by atoms with Crippen LogP contribution >= 0.6 is 0 Å². The van der Waals surface area contributed by atoms with Crippen molar-refractivity contribution in [1.82, 2.24) is 4.98 Å². The van der Waals surface area contributed by atoms with Crippen LogP contribution in [0, 0.1) is 0 Å². The normalized spacial score (nSPS) is 15.2. The van der Waals surface area contributed by atoms with Gasteiger partial charge >= 0.3 is 0 Å². The van der Waals surface area contributed by atoms with Crippen molar-refractivity contribution in [1.29, 1.82) is 0 Å². The van der Waals surface area contributed by atoms with Gasteiger partial charge in [-0.15, -0.1) is 0 Å². The average Bonchev–Trinajstić information content (AvgIpc) is 2.61. The molecular formula is C20H24N4. The molecule has 4 nitrogen and oxygen atoms in total. The largest absolute Gasteiger partial charge is 0.377 e. The van der Waals surface area contributed by atoms with E-state index in [4.69, 9.17) is 4.99 Å². The fourth-order valence-corrected chi connectivity index (χ4v) is 3.06. The number of hydrogen-bond donors (Lipinski definition) is 0. The standard InChI is InChI=1S/C20H24N4/c1-5-10-17-19-16(23(3)4)13-14-21-20(19)22-18(6-2)24(17)15-11-8-7-9-12-15/h7-14H,5-6H2,1-4H3/b17-10+. The van der Waals surface area contributed by atoms with E-state index >= 15 is 0 Å². The molecule has 0 spiro atoms. The molecular weight excluding hydrogens is 296 g/mol. The van der Waals surface area contributed by atoms with Gasteiger partial charge in [0.1, 0.15) is 5.84 Å². The predicted octanol–water partition coefficient (Wildman–Crippen LogP) is 4.86. The highest BCUT2D eigenvalue weighted by Gasteiger charge is 2.28. The van der Waals surface area contributed by atoms with E-state index in [9.17, 15) is 0 Å². The summed E-state index contributed by atoms with van der Waals surface area (Å²) in [6.45, 7) is 4.30. The maximum absolute atomic E-state index is 4.86. The Morgan fingerprint density at radius 1 is 1.08 bits per heavy atom. The molecule has 24 heavy (non-hydrogen) atoms. The monoisotopic (exact) mass is 320 g/mol. The molecule has 1 aromatic carbocycles. The molecule has 3 rings (SSSR count). The zero-order chi connectivity index (χ0) is 17.1. The number of amidine groups is 1. The van der Waals surface area contributed by atoms with E-state index in [1.807, 2.05) is 12.3 Å². The molecule has 1 aliphatic heterocycles. The van der Waals surface area contributed by atoms with Crippen molar-refractivity contribution in [3.63, 3.8) is 0 Å². The first-order valence-electron chi connectivity index (χ1n) is 8.47. The molecule has 0 saturated carbocycles. The predicted molar refractivity (Wildman–Crippen MR) is 103 cm³/mol. The van der Waals surface area contributed by atoms with Gasteiger partial charge in [0.2, 0.25) is 0 Å². The number of para-hydroxylation sites is 1. The highest BCUT2D eigenvalue weighted by atomic mass is 15.2. The molecule has 0 amide bonds. The molecule has 0 bridgehead atoms. The highest BCUT2D eigenvalue weighted by molar-refractivity contribution is 6.14. The summed E-state index contributed by atoms with van der Waals surface area (Å²) in [6.07, 6.45) is 5.91. The summed E-state index contributed by atoms with van der Waals surface area (Å²) in [5, 5.41) is 0. The number of fused-ring (bicyclic) bond motifs is 1. The summed E-state index contributed by atoms with van der Waals surface area (Å²) in [4.78, 5) is 13.8. The van der Waals surface area contributed by atoms with Crippen molar-refractivity contribution in [3.8, 4) is 0 Å². The molecule has 0 N–H and O–H groups in total. The molecule has 0 atom stereocenters. The van der Waals surface area contributed by atoms with Crippen LogP contribution in [0.15, 0.2) is 53.7 Å². The molecule has 2 heterocycles. The third kappa shape index (κ3) is 2.80. The molecule has 0 saturated heterocycles. The van der Waals surface area contributed by atoms with E-state index in [0.29, 0.717) is 0 Å². The lowest BCUT2D eigenvalue weighted by molar-refractivity contribution is 1.07. The van der Waals surface area contributed by atoms with E-state index < -0.39 is 0 Å². The van der Waals surface area contributed by atoms with Crippen LogP contribution in [0.5, 0.6) is 0 Å². The van der Waals surface area contributed by atoms with Gasteiger partial charge in [0.25, 0.3) is 0 Å². The Bertz CT molecular complexity index is 775. The number of allylic oxidation sites excluding steroid dienone is 1. The lowest BCUT2D eigenvalue weighted by atomic mass is 10.0. The summed E-state index contributed by atoms with van der Waals surface area (Å²) >= 11 is 0. The molecule has 124 valence electrons. The van der Waals surface area contributed by atoms with E-state index in [1.54, 1.807) is 0 Å². The van der Waals surface area contributed by atoms with Gasteiger partial charge in [-0.25, -0.2) is 9.98 Å². The first-order chi connectivity index (χ1) is 11.7. The number of hydrogen-bond acceptors (Lipinski definition) is 4. The summed E-state index contributed by atoms with van der Waals surface area (Å²) < 4.78 is 0. The average molecular weight is 320 g/mol. The van der Waals surface area contributed by atoms with Gasteiger partial charge in [-0.3, -0.25) is 4.90 Å². The molecule has 1 aromatic heterocycles. The van der Waals surface area contributed by atoms with E-state index in [1.165, 1.54) is 5.70 Å². The number of rotatable bonds is 4. The van der Waals surface area contributed by atoms with Crippen molar-refractivity contribution in [2.75, 3.05) is 23.9 Å². The number of aliphatic imine (C=N–C) groups is 1. The van der Waals surface area contributed by atoms with Gasteiger partial charge in [-0.2, -0.15) is 0 Å². The van der Waals surface area contributed by atoms with Crippen molar-refractivity contribution >= 4 is 28.7 Å². The number of pyridine rings is 1. The highest BCUT2D eigenvalue weighted by Crippen LogP contribution is 2.41. The Morgan fingerprint density at radius 3 is 2.46 bits per heavy atom. The maximum atomic E-state index is 4.86. The molecule has 0 unspecified atom stereocenters. The molecule has 1 aliphatic rings. The van der Waals surface area contributed by atoms with E-state index in [-0.39, 0.29) is 0 Å². The summed E-state index contributed by atoms with van der Waals surface area (Å²) in [7, 11) is 4.12. The minimum Gasteiger partial charge on any atom is -0.377 e. The number of aromatic nitrogens is 1. The molecule has 4 heteroatoms. The second-order valence-electron chi connectivity index (χ2n) is 5.97. The van der Waals surface area contributed by atoms with Gasteiger partial charge in [0.05, 0.1) is 16.9 Å². The number of anilines is 2. The second-order valence-corrected chi connectivity index (χ2v) is 5.97. The van der Waals surface area contributed by atoms with E-state index in [2.05, 4.69) is 79.1 Å². The van der Waals surface area contributed by atoms with Crippen LogP contribution in [-0.2, 0) is 0 Å². The first kappa shape index (κ1) is 16.2. The van der Waals surface area contributed by atoms with Crippen molar-refractivity contribution < 1.29 is 0 Å². The summed E-state index contributed by atoms with van der Waals surface area (Å²) in [5.74, 6) is 1.83. The Balaban J connectivity index is 2.28. The second kappa shape index (κ2) is 6.87. The van der Waals surface area contributed by atoms with Crippen LogP contribution in [0.4, 0.5) is 17.2 Å². The lowest BCUT2D eigenvalue weighted by Crippen LogP contribution is -2.32. The number of nitrogens with zero attached hydrogens (tertiary/aromatic N) is 4. The lowest BCUT2D eigenvalue weighted by Gasteiger charge is -2.34. The van der Waals surface area contributed by atoms with Gasteiger partial charge in [0.15, 0.2) is 5.82 Å². The number of benzene rings is 1. The quantitative estimate of drug-likeness (QED) is 0.806. The molecule has 0 fully saturated rings. The molecule has 0 aliphatic carbocycles. The van der Waals surface area contributed by atoms with E-state index in [0.717, 1.165) is 41.4 Å². The Kier molecular flexibility index (Phi) is 4.65. The van der Waals surface area contributed by atoms with Gasteiger partial charge in [-0.1, -0.05) is 38.1 Å². The topological polar surface area (TPSA) is 31.7 Å². The zero-order valence-electron chi connectivity index (χ0n) is 14.8. The molecule has 0 radical (unpaired) electrons. The fourth-order valence-electron chi connectivity index (χ4n) is 3.06. The van der Waals surface area contributed by atoms with Gasteiger partial charge in [0, 0.05) is 32.4 Å². The van der Waals surface area contributed by atoms with Crippen molar-refractivity contribution in [2.24, 2.45) is 4.99 Å². The Labute approximate surface area is 144 Å². The van der Waals surface area contributed by atoms with Gasteiger partial charge in [-0.05, 0) is 24.6 Å². The fraction of sp³-hybridized carbons (Fsp3) is 0.300. The Hall–Kier alpha value is -2.62. The van der Waals surface area contributed by atoms with Crippen LogP contribution < -0.4 is 9.80 Å². The Morgan fingerprint density at radius 2 is 1.83 bits per heavy atom. The van der Waals surface area contributed by atoms with Crippen molar-refractivity contribution in [3.05, 3.63) is 54.2 Å². The first-order valence-corrected chi connectivity index (χ1v) is 8.47. The van der Waals surface area contributed by atoms with Crippen LogP contribution in [-0.4, -0.2) is 24.9 Å². The van der Waals surface area contributed by atoms with Crippen LogP contribution in [0.25, 0.3) is 5.70 Å². The third-order valence-corrected chi connectivity index (χ3v) is 4.11. The summed E-state index contributed by atoms with van der Waals surface area (Å²) in [5.41, 5.74) is 4.55. The minimum absolute atomic E-state index is 0.810. The van der Waals surface area contributed by atoms with Gasteiger partial charge < -0.3 is 4.90 Å². The summed E-state index contributed by atoms with van der Waals surface area (Å²) in [6, 6.07) is 12.5. The smallest absolute Gasteiger partial charge is 0.165 e. The molecule has 2 aromatic rings. The zero-order valence-corrected chi connectivity index (χ0v) is 14.8. The maximum Gasteiger partial charge on any atom is 0.165 e. The van der Waals surface area contributed by atoms with Crippen LogP contribution in [0.2, 0.25) is 0 Å².